The van der Waals surface area contributed by atoms with Gasteiger partial charge in [0.15, 0.2) is 0 Å². The Labute approximate surface area is 155 Å². The molecule has 4 nitrogen and oxygen atoms in total. The lowest BCUT2D eigenvalue weighted by atomic mass is 9.95. The van der Waals surface area contributed by atoms with Crippen molar-refractivity contribution < 1.29 is 19.7 Å². The maximum absolute atomic E-state index is 10.6. The Bertz CT molecular complexity index is 683. The molecule has 3 rings (SSSR count). The van der Waals surface area contributed by atoms with Gasteiger partial charge in [0, 0.05) is 30.7 Å². The molecule has 0 saturated heterocycles. The van der Waals surface area contributed by atoms with Gasteiger partial charge in [0.2, 0.25) is 0 Å². The summed E-state index contributed by atoms with van der Waals surface area (Å²) < 4.78 is 5.91. The van der Waals surface area contributed by atoms with E-state index in [2.05, 4.69) is 18.4 Å². The third-order valence-corrected chi connectivity index (χ3v) is 4.77. The highest BCUT2D eigenvalue weighted by Gasteiger charge is 2.42. The van der Waals surface area contributed by atoms with Crippen molar-refractivity contribution in [1.29, 1.82) is 0 Å². The summed E-state index contributed by atoms with van der Waals surface area (Å²) in [5, 5.41) is 18.4. The minimum Gasteiger partial charge on any atom is -0.489 e. The fraction of sp³-hybridized carbons (Fsp3) is 0.500. The highest BCUT2D eigenvalue weighted by Crippen LogP contribution is 2.48. The third kappa shape index (κ3) is 5.37. The lowest BCUT2D eigenvalue weighted by Gasteiger charge is -2.11. The molecule has 1 heterocycles. The van der Waals surface area contributed by atoms with Crippen LogP contribution in [-0.4, -0.2) is 28.4 Å². The first-order valence-electron chi connectivity index (χ1n) is 9.25. The van der Waals surface area contributed by atoms with E-state index in [0.29, 0.717) is 12.8 Å². The first-order chi connectivity index (χ1) is 12.6. The van der Waals surface area contributed by atoms with Crippen molar-refractivity contribution in [2.45, 2.75) is 70.0 Å². The number of aliphatic hydroxyl groups excluding tert-OH is 1. The molecule has 140 valence electrons. The predicted molar refractivity (Wildman–Crippen MR) is 102 cm³/mol. The molecule has 1 aliphatic carbocycles. The molecule has 0 aromatic heterocycles. The number of aryl methyl sites for hydroxylation is 1. The number of fused-ring (bicyclic) bond motifs is 3. The van der Waals surface area contributed by atoms with Gasteiger partial charge in [-0.25, -0.2) is 0 Å². The van der Waals surface area contributed by atoms with E-state index in [-0.39, 0.29) is 24.5 Å². The standard InChI is InChI=1S/C14H16O4.C8H12/c15-9-6-11-10-3-1-2-8(4-5-13(16)17)14(10)18-12(11)7-9;1-3-5-7-8-6-4-2/h1-3,9,11-12,15H,4-7H2,(H,16,17);3H,1,5,7-8H2,2H3/t9-,11?,12?;/m1./s1. The number of aliphatic hydroxyl groups is 1. The number of hydrogen-bond acceptors (Lipinski definition) is 3. The van der Waals surface area contributed by atoms with E-state index in [1.165, 1.54) is 0 Å². The molecule has 0 spiro atoms. The molecule has 0 amide bonds. The zero-order valence-corrected chi connectivity index (χ0v) is 15.4. The monoisotopic (exact) mass is 356 g/mol. The first-order valence-corrected chi connectivity index (χ1v) is 9.25. The van der Waals surface area contributed by atoms with Gasteiger partial charge in [-0.15, -0.1) is 18.4 Å². The van der Waals surface area contributed by atoms with Crippen molar-refractivity contribution in [3.63, 3.8) is 0 Å². The summed E-state index contributed by atoms with van der Waals surface area (Å²) in [7, 11) is 0. The van der Waals surface area contributed by atoms with Crippen molar-refractivity contribution in [2.75, 3.05) is 0 Å². The van der Waals surface area contributed by atoms with Crippen LogP contribution in [0.25, 0.3) is 0 Å². The number of benzene rings is 1. The summed E-state index contributed by atoms with van der Waals surface area (Å²) >= 11 is 0. The van der Waals surface area contributed by atoms with E-state index in [1.807, 2.05) is 31.2 Å². The second kappa shape index (κ2) is 10.0. The van der Waals surface area contributed by atoms with Gasteiger partial charge < -0.3 is 14.9 Å². The number of rotatable bonds is 6. The van der Waals surface area contributed by atoms with Gasteiger partial charge in [-0.3, -0.25) is 4.79 Å². The zero-order chi connectivity index (χ0) is 18.9. The summed E-state index contributed by atoms with van der Waals surface area (Å²) in [6.07, 6.45) is 7.05. The highest BCUT2D eigenvalue weighted by atomic mass is 16.5. The summed E-state index contributed by atoms with van der Waals surface area (Å²) in [6.45, 7) is 5.48. The van der Waals surface area contributed by atoms with E-state index >= 15 is 0 Å². The normalized spacial score (nSPS) is 22.0. The summed E-state index contributed by atoms with van der Waals surface area (Å²) in [4.78, 5) is 10.6. The minimum atomic E-state index is -0.791. The topological polar surface area (TPSA) is 66.8 Å². The molecule has 1 aliphatic heterocycles. The smallest absolute Gasteiger partial charge is 0.303 e. The van der Waals surface area contributed by atoms with Gasteiger partial charge in [-0.1, -0.05) is 24.3 Å². The van der Waals surface area contributed by atoms with E-state index in [4.69, 9.17) is 9.84 Å². The molecule has 0 bridgehead atoms. The number of carboxylic acid groups (broad SMARTS) is 1. The van der Waals surface area contributed by atoms with Gasteiger partial charge in [0.1, 0.15) is 11.9 Å². The Morgan fingerprint density at radius 3 is 2.92 bits per heavy atom. The Balaban J connectivity index is 0.000000260. The second-order valence-electron chi connectivity index (χ2n) is 6.72. The van der Waals surface area contributed by atoms with Crippen LogP contribution < -0.4 is 4.74 Å². The number of unbranched alkanes of at least 4 members (excludes halogenated alkanes) is 2. The Kier molecular flexibility index (Phi) is 7.74. The number of para-hydroxylation sites is 1. The number of carbonyl (C=O) groups is 1. The molecule has 26 heavy (non-hydrogen) atoms. The first kappa shape index (κ1) is 20.1. The van der Waals surface area contributed by atoms with Crippen molar-refractivity contribution >= 4 is 5.97 Å². The molecule has 4 heteroatoms. The fourth-order valence-corrected chi connectivity index (χ4v) is 3.52. The van der Waals surface area contributed by atoms with E-state index in [9.17, 15) is 9.90 Å². The van der Waals surface area contributed by atoms with Crippen LogP contribution in [0.4, 0.5) is 0 Å². The maximum Gasteiger partial charge on any atom is 0.303 e. The van der Waals surface area contributed by atoms with Gasteiger partial charge >= 0.3 is 5.97 Å². The van der Waals surface area contributed by atoms with Gasteiger partial charge in [-0.05, 0) is 38.2 Å². The van der Waals surface area contributed by atoms with E-state index < -0.39 is 5.97 Å². The molecule has 3 atom stereocenters. The van der Waals surface area contributed by atoms with Crippen LogP contribution in [-0.2, 0) is 11.2 Å². The lowest BCUT2D eigenvalue weighted by Crippen LogP contribution is -2.13. The number of ether oxygens (including phenoxy) is 1. The van der Waals surface area contributed by atoms with Crippen LogP contribution >= 0.6 is 0 Å². The van der Waals surface area contributed by atoms with Crippen LogP contribution in [0, 0.1) is 11.8 Å². The number of allylic oxidation sites excluding steroid dienone is 1. The van der Waals surface area contributed by atoms with Crippen molar-refractivity contribution in [3.05, 3.63) is 42.0 Å². The molecular formula is C22H28O4. The molecule has 2 unspecified atom stereocenters. The van der Waals surface area contributed by atoms with Crippen molar-refractivity contribution in [3.8, 4) is 17.6 Å². The van der Waals surface area contributed by atoms with Crippen LogP contribution in [0.15, 0.2) is 30.9 Å². The molecular weight excluding hydrogens is 328 g/mol. The van der Waals surface area contributed by atoms with Gasteiger partial charge in [0.25, 0.3) is 0 Å². The van der Waals surface area contributed by atoms with Crippen LogP contribution in [0.2, 0.25) is 0 Å². The molecule has 2 N–H and O–H groups in total. The average molecular weight is 356 g/mol. The largest absolute Gasteiger partial charge is 0.489 e. The summed E-state index contributed by atoms with van der Waals surface area (Å²) in [5.41, 5.74) is 2.11. The number of aliphatic carboxylic acids is 1. The van der Waals surface area contributed by atoms with E-state index in [1.54, 1.807) is 0 Å². The quantitative estimate of drug-likeness (QED) is 0.458. The summed E-state index contributed by atoms with van der Waals surface area (Å²) in [6, 6.07) is 5.91. The minimum absolute atomic E-state index is 0.0704. The van der Waals surface area contributed by atoms with Gasteiger partial charge in [-0.2, -0.15) is 0 Å². The lowest BCUT2D eigenvalue weighted by molar-refractivity contribution is -0.136. The SMILES string of the molecule is C=CCCCC#CC.O=C(O)CCc1cccc2c1OC1C[C@H](O)CC21. The fourth-order valence-electron chi connectivity index (χ4n) is 3.52. The molecule has 0 radical (unpaired) electrons. The van der Waals surface area contributed by atoms with Crippen molar-refractivity contribution in [2.24, 2.45) is 0 Å². The molecule has 1 aromatic carbocycles. The van der Waals surface area contributed by atoms with Crippen LogP contribution in [0.3, 0.4) is 0 Å². The third-order valence-electron chi connectivity index (χ3n) is 4.77. The molecule has 2 aliphatic rings. The molecule has 1 saturated carbocycles. The second-order valence-corrected chi connectivity index (χ2v) is 6.72. The highest BCUT2D eigenvalue weighted by molar-refractivity contribution is 5.67. The zero-order valence-electron chi connectivity index (χ0n) is 15.4. The molecule has 1 fully saturated rings. The summed E-state index contributed by atoms with van der Waals surface area (Å²) in [5.74, 6) is 6.18. The van der Waals surface area contributed by atoms with Crippen LogP contribution in [0.1, 0.15) is 62.5 Å². The average Bonchev–Trinajstić information content (AvgIpc) is 3.14. The number of hydrogen-bond donors (Lipinski definition) is 2. The Morgan fingerprint density at radius 2 is 2.23 bits per heavy atom. The maximum atomic E-state index is 10.6. The Morgan fingerprint density at radius 1 is 1.42 bits per heavy atom. The van der Waals surface area contributed by atoms with Crippen molar-refractivity contribution in [1.82, 2.24) is 0 Å². The number of carboxylic acids is 1. The van der Waals surface area contributed by atoms with E-state index in [0.717, 1.165) is 42.6 Å². The van der Waals surface area contributed by atoms with Gasteiger partial charge in [0.05, 0.1) is 6.10 Å². The Hall–Kier alpha value is -2.25. The molecule has 1 aromatic rings. The predicted octanol–water partition coefficient (Wildman–Crippen LogP) is 4.07. The van der Waals surface area contributed by atoms with Crippen LogP contribution in [0.5, 0.6) is 5.75 Å².